The van der Waals surface area contributed by atoms with Gasteiger partial charge in [0.1, 0.15) is 0 Å². The maximum atomic E-state index is 11.3. The zero-order chi connectivity index (χ0) is 15.0. The van der Waals surface area contributed by atoms with Crippen molar-refractivity contribution < 1.29 is 9.90 Å². The van der Waals surface area contributed by atoms with E-state index in [0.29, 0.717) is 5.56 Å². The van der Waals surface area contributed by atoms with Crippen LogP contribution in [-0.2, 0) is 0 Å². The third-order valence-corrected chi connectivity index (χ3v) is 3.86. The molecule has 1 N–H and O–H groups in total. The lowest BCUT2D eigenvalue weighted by Crippen LogP contribution is -2.01. The van der Waals surface area contributed by atoms with Crippen LogP contribution in [0.2, 0.25) is 0 Å². The monoisotopic (exact) mass is 276 g/mol. The van der Waals surface area contributed by atoms with E-state index in [1.165, 1.54) is 5.39 Å². The van der Waals surface area contributed by atoms with Crippen LogP contribution in [0.1, 0.15) is 21.5 Å². The van der Waals surface area contributed by atoms with E-state index in [4.69, 9.17) is 0 Å². The highest BCUT2D eigenvalue weighted by Crippen LogP contribution is 2.29. The average molecular weight is 276 g/mol. The molecule has 2 nitrogen and oxygen atoms in total. The third kappa shape index (κ3) is 2.40. The average Bonchev–Trinajstić information content (AvgIpc) is 2.46. The first-order valence-corrected chi connectivity index (χ1v) is 6.90. The Hall–Kier alpha value is -2.61. The summed E-state index contributed by atoms with van der Waals surface area (Å²) in [6.45, 7) is 3.85. The van der Waals surface area contributed by atoms with Crippen molar-refractivity contribution in [3.63, 3.8) is 0 Å². The summed E-state index contributed by atoms with van der Waals surface area (Å²) in [5, 5.41) is 11.6. The minimum atomic E-state index is -0.880. The Kier molecular flexibility index (Phi) is 3.22. The lowest BCUT2D eigenvalue weighted by molar-refractivity contribution is 0.0696. The molecule has 0 aliphatic carbocycles. The van der Waals surface area contributed by atoms with Gasteiger partial charge < -0.3 is 5.11 Å². The second-order valence-electron chi connectivity index (χ2n) is 5.35. The van der Waals surface area contributed by atoms with Gasteiger partial charge in [0.2, 0.25) is 0 Å². The van der Waals surface area contributed by atoms with Crippen molar-refractivity contribution in [3.8, 4) is 11.1 Å². The van der Waals surface area contributed by atoms with Crippen LogP contribution in [0, 0.1) is 13.8 Å². The molecule has 104 valence electrons. The summed E-state index contributed by atoms with van der Waals surface area (Å²) in [6.07, 6.45) is 0. The van der Waals surface area contributed by atoms with E-state index in [1.54, 1.807) is 6.07 Å². The molecule has 0 saturated carbocycles. The summed E-state index contributed by atoms with van der Waals surface area (Å²) >= 11 is 0. The number of carboxylic acid groups (broad SMARTS) is 1. The molecular formula is C19H16O2. The largest absolute Gasteiger partial charge is 0.478 e. The predicted molar refractivity (Wildman–Crippen MR) is 85.8 cm³/mol. The summed E-state index contributed by atoms with van der Waals surface area (Å²) in [7, 11) is 0. The Labute approximate surface area is 123 Å². The van der Waals surface area contributed by atoms with Crippen LogP contribution in [0.5, 0.6) is 0 Å². The smallest absolute Gasteiger partial charge is 0.335 e. The van der Waals surface area contributed by atoms with E-state index in [2.05, 4.69) is 24.3 Å². The molecule has 0 amide bonds. The van der Waals surface area contributed by atoms with E-state index < -0.39 is 5.97 Å². The Bertz CT molecular complexity index is 847. The van der Waals surface area contributed by atoms with E-state index in [0.717, 1.165) is 27.6 Å². The molecule has 0 unspecified atom stereocenters. The minimum absolute atomic E-state index is 0.365. The van der Waals surface area contributed by atoms with Crippen LogP contribution in [0.3, 0.4) is 0 Å². The summed E-state index contributed by atoms with van der Waals surface area (Å²) < 4.78 is 0. The van der Waals surface area contributed by atoms with Crippen molar-refractivity contribution in [2.45, 2.75) is 13.8 Å². The second kappa shape index (κ2) is 5.06. The van der Waals surface area contributed by atoms with Gasteiger partial charge in [-0.15, -0.1) is 0 Å². The zero-order valence-corrected chi connectivity index (χ0v) is 12.1. The number of hydrogen-bond acceptors (Lipinski definition) is 1. The molecule has 3 aromatic rings. The van der Waals surface area contributed by atoms with Crippen LogP contribution >= 0.6 is 0 Å². The van der Waals surface area contributed by atoms with Gasteiger partial charge in [0, 0.05) is 0 Å². The predicted octanol–water partition coefficient (Wildman–Crippen LogP) is 4.82. The van der Waals surface area contributed by atoms with Crippen LogP contribution in [0.15, 0.2) is 54.6 Å². The topological polar surface area (TPSA) is 37.3 Å². The van der Waals surface area contributed by atoms with Crippen molar-refractivity contribution in [1.29, 1.82) is 0 Å². The summed E-state index contributed by atoms with van der Waals surface area (Å²) in [5.74, 6) is -0.880. The summed E-state index contributed by atoms with van der Waals surface area (Å²) in [6, 6.07) is 18.1. The SMILES string of the molecule is Cc1cc(C)c(-c2ccc3ccccc3c2)cc1C(=O)O. The van der Waals surface area contributed by atoms with Gasteiger partial charge in [-0.2, -0.15) is 0 Å². The molecule has 0 bridgehead atoms. The molecule has 2 heteroatoms. The van der Waals surface area contributed by atoms with Crippen molar-refractivity contribution in [3.05, 3.63) is 71.3 Å². The Morgan fingerprint density at radius 3 is 2.29 bits per heavy atom. The maximum absolute atomic E-state index is 11.3. The van der Waals surface area contributed by atoms with Gasteiger partial charge in [-0.1, -0.05) is 42.5 Å². The first-order chi connectivity index (χ1) is 10.1. The highest BCUT2D eigenvalue weighted by Gasteiger charge is 2.12. The molecule has 0 heterocycles. The van der Waals surface area contributed by atoms with Gasteiger partial charge in [-0.3, -0.25) is 0 Å². The van der Waals surface area contributed by atoms with Gasteiger partial charge in [0.15, 0.2) is 0 Å². The fraction of sp³-hybridized carbons (Fsp3) is 0.105. The molecular weight excluding hydrogens is 260 g/mol. The first-order valence-electron chi connectivity index (χ1n) is 6.90. The van der Waals surface area contributed by atoms with Gasteiger partial charge in [-0.25, -0.2) is 4.79 Å². The summed E-state index contributed by atoms with van der Waals surface area (Å²) in [5.41, 5.74) is 4.28. The van der Waals surface area contributed by atoms with Crippen LogP contribution < -0.4 is 0 Å². The van der Waals surface area contributed by atoms with Crippen molar-refractivity contribution in [1.82, 2.24) is 0 Å². The van der Waals surface area contributed by atoms with E-state index in [-0.39, 0.29) is 0 Å². The Balaban J connectivity index is 2.22. The standard InChI is InChI=1S/C19H16O2/c1-12-9-13(2)18(19(20)21)11-17(12)16-8-7-14-5-3-4-6-15(14)10-16/h3-11H,1-2H3,(H,20,21). The molecule has 21 heavy (non-hydrogen) atoms. The summed E-state index contributed by atoms with van der Waals surface area (Å²) in [4.78, 5) is 11.3. The lowest BCUT2D eigenvalue weighted by atomic mass is 9.93. The number of benzene rings is 3. The number of aromatic carboxylic acids is 1. The fourth-order valence-corrected chi connectivity index (χ4v) is 2.75. The Morgan fingerprint density at radius 2 is 1.57 bits per heavy atom. The molecule has 0 radical (unpaired) electrons. The van der Waals surface area contributed by atoms with Crippen molar-refractivity contribution >= 4 is 16.7 Å². The molecule has 3 aromatic carbocycles. The van der Waals surface area contributed by atoms with E-state index in [9.17, 15) is 9.90 Å². The number of rotatable bonds is 2. The number of hydrogen-bond donors (Lipinski definition) is 1. The van der Waals surface area contributed by atoms with Crippen LogP contribution in [0.25, 0.3) is 21.9 Å². The molecule has 0 aromatic heterocycles. The zero-order valence-electron chi connectivity index (χ0n) is 12.1. The molecule has 0 aliphatic heterocycles. The van der Waals surface area contributed by atoms with E-state index >= 15 is 0 Å². The number of carbonyl (C=O) groups is 1. The van der Waals surface area contributed by atoms with E-state index in [1.807, 2.05) is 38.1 Å². The lowest BCUT2D eigenvalue weighted by Gasteiger charge is -2.11. The molecule has 0 atom stereocenters. The molecule has 0 saturated heterocycles. The molecule has 3 rings (SSSR count). The normalized spacial score (nSPS) is 10.8. The number of carboxylic acids is 1. The van der Waals surface area contributed by atoms with Gasteiger partial charge in [0.25, 0.3) is 0 Å². The van der Waals surface area contributed by atoms with Gasteiger partial charge >= 0.3 is 5.97 Å². The van der Waals surface area contributed by atoms with Gasteiger partial charge in [-0.05, 0) is 59.0 Å². The molecule has 0 aliphatic rings. The van der Waals surface area contributed by atoms with Gasteiger partial charge in [0.05, 0.1) is 5.56 Å². The third-order valence-electron chi connectivity index (χ3n) is 3.86. The molecule has 0 fully saturated rings. The number of aryl methyl sites for hydroxylation is 2. The van der Waals surface area contributed by atoms with Crippen molar-refractivity contribution in [2.24, 2.45) is 0 Å². The fourth-order valence-electron chi connectivity index (χ4n) is 2.75. The highest BCUT2D eigenvalue weighted by atomic mass is 16.4. The molecule has 0 spiro atoms. The van der Waals surface area contributed by atoms with Crippen molar-refractivity contribution in [2.75, 3.05) is 0 Å². The second-order valence-corrected chi connectivity index (χ2v) is 5.35. The first kappa shape index (κ1) is 13.4. The Morgan fingerprint density at radius 1 is 0.857 bits per heavy atom. The minimum Gasteiger partial charge on any atom is -0.478 e. The van der Waals surface area contributed by atoms with Crippen LogP contribution in [-0.4, -0.2) is 11.1 Å². The highest BCUT2D eigenvalue weighted by molar-refractivity contribution is 5.93. The number of fused-ring (bicyclic) bond motifs is 1. The van der Waals surface area contributed by atoms with Crippen LogP contribution in [0.4, 0.5) is 0 Å². The maximum Gasteiger partial charge on any atom is 0.335 e. The quantitative estimate of drug-likeness (QED) is 0.728.